The molecule has 1 heterocycles. The molecule has 5 heteroatoms. The zero-order valence-electron chi connectivity index (χ0n) is 13.5. The number of likely N-dealkylation sites (tertiary alicyclic amines) is 1. The highest BCUT2D eigenvalue weighted by molar-refractivity contribution is 5.85. The summed E-state index contributed by atoms with van der Waals surface area (Å²) >= 11 is 0. The van der Waals surface area contributed by atoms with Gasteiger partial charge in [0.2, 0.25) is 5.91 Å². The van der Waals surface area contributed by atoms with E-state index in [0.29, 0.717) is 18.9 Å². The molecule has 0 atom stereocenters. The van der Waals surface area contributed by atoms with Crippen molar-refractivity contribution in [1.29, 1.82) is 0 Å². The van der Waals surface area contributed by atoms with Gasteiger partial charge in [-0.15, -0.1) is 12.4 Å². The molecule has 0 unspecified atom stereocenters. The van der Waals surface area contributed by atoms with Gasteiger partial charge in [0.1, 0.15) is 5.75 Å². The van der Waals surface area contributed by atoms with Crippen LogP contribution in [0.1, 0.15) is 32.3 Å². The Morgan fingerprint density at radius 3 is 2.41 bits per heavy atom. The lowest BCUT2D eigenvalue weighted by atomic mass is 10.0. The Labute approximate surface area is 139 Å². The Bertz CT molecular complexity index is 454. The number of hydrogen-bond donors (Lipinski definition) is 1. The zero-order chi connectivity index (χ0) is 15.2. The molecule has 0 bridgehead atoms. The van der Waals surface area contributed by atoms with Gasteiger partial charge in [-0.1, -0.05) is 26.0 Å². The summed E-state index contributed by atoms with van der Waals surface area (Å²) in [6.07, 6.45) is 2.28. The molecule has 4 nitrogen and oxygen atoms in total. The smallest absolute Gasteiger partial charge is 0.226 e. The number of carbonyl (C=O) groups is 1. The maximum absolute atomic E-state index is 12.2. The van der Waals surface area contributed by atoms with Crippen molar-refractivity contribution in [2.75, 3.05) is 19.7 Å². The summed E-state index contributed by atoms with van der Waals surface area (Å²) in [5.74, 6) is 1.57. The van der Waals surface area contributed by atoms with Crippen LogP contribution in [0.15, 0.2) is 24.3 Å². The van der Waals surface area contributed by atoms with Gasteiger partial charge in [0.05, 0.1) is 13.0 Å². The van der Waals surface area contributed by atoms with Gasteiger partial charge in [-0.2, -0.15) is 0 Å². The molecule has 124 valence electrons. The standard InChI is InChI=1S/C17H26N2O2.ClH/c1-13(2)12-21-16-5-3-14(4-6-16)11-17(20)19-9-7-15(18)8-10-19;/h3-6,13,15H,7-12,18H2,1-2H3;1H. The fourth-order valence-corrected chi connectivity index (χ4v) is 2.40. The van der Waals surface area contributed by atoms with Gasteiger partial charge in [0.15, 0.2) is 0 Å². The Hall–Kier alpha value is -1.26. The van der Waals surface area contributed by atoms with E-state index < -0.39 is 0 Å². The molecule has 1 fully saturated rings. The van der Waals surface area contributed by atoms with Crippen LogP contribution in [0.4, 0.5) is 0 Å². The van der Waals surface area contributed by atoms with Crippen LogP contribution in [0, 0.1) is 5.92 Å². The van der Waals surface area contributed by atoms with E-state index >= 15 is 0 Å². The second-order valence-electron chi connectivity index (χ2n) is 6.24. The second-order valence-corrected chi connectivity index (χ2v) is 6.24. The van der Waals surface area contributed by atoms with Crippen LogP contribution < -0.4 is 10.5 Å². The van der Waals surface area contributed by atoms with Crippen LogP contribution in [0.3, 0.4) is 0 Å². The Kier molecular flexibility index (Phi) is 7.69. The van der Waals surface area contributed by atoms with E-state index in [0.717, 1.165) is 37.2 Å². The molecule has 1 amide bonds. The van der Waals surface area contributed by atoms with E-state index in [1.807, 2.05) is 29.2 Å². The van der Waals surface area contributed by atoms with E-state index in [2.05, 4.69) is 13.8 Å². The lowest BCUT2D eigenvalue weighted by molar-refractivity contribution is -0.131. The van der Waals surface area contributed by atoms with Crippen molar-refractivity contribution < 1.29 is 9.53 Å². The maximum atomic E-state index is 12.2. The molecule has 0 saturated carbocycles. The summed E-state index contributed by atoms with van der Waals surface area (Å²) in [4.78, 5) is 14.2. The largest absolute Gasteiger partial charge is 0.493 e. The highest BCUT2D eigenvalue weighted by atomic mass is 35.5. The Balaban J connectivity index is 0.00000242. The minimum Gasteiger partial charge on any atom is -0.493 e. The number of piperidine rings is 1. The minimum absolute atomic E-state index is 0. The summed E-state index contributed by atoms with van der Waals surface area (Å²) < 4.78 is 5.65. The summed E-state index contributed by atoms with van der Waals surface area (Å²) in [6, 6.07) is 8.09. The van der Waals surface area contributed by atoms with Gasteiger partial charge in [0.25, 0.3) is 0 Å². The molecule has 1 aromatic rings. The van der Waals surface area contributed by atoms with Crippen molar-refractivity contribution in [2.24, 2.45) is 11.7 Å². The molecule has 1 aliphatic rings. The van der Waals surface area contributed by atoms with Crippen LogP contribution in [-0.2, 0) is 11.2 Å². The van der Waals surface area contributed by atoms with Crippen LogP contribution in [0.25, 0.3) is 0 Å². The van der Waals surface area contributed by atoms with Crippen molar-refractivity contribution in [1.82, 2.24) is 4.90 Å². The molecular weight excluding hydrogens is 300 g/mol. The first-order valence-corrected chi connectivity index (χ1v) is 7.79. The molecule has 1 saturated heterocycles. The first-order chi connectivity index (χ1) is 10.0. The lowest BCUT2D eigenvalue weighted by Crippen LogP contribution is -2.43. The third-order valence-corrected chi connectivity index (χ3v) is 3.75. The third-order valence-electron chi connectivity index (χ3n) is 3.75. The normalized spacial score (nSPS) is 15.5. The first-order valence-electron chi connectivity index (χ1n) is 7.79. The van der Waals surface area contributed by atoms with Crippen LogP contribution in [0.5, 0.6) is 5.75 Å². The van der Waals surface area contributed by atoms with E-state index in [1.54, 1.807) is 0 Å². The maximum Gasteiger partial charge on any atom is 0.226 e. The number of carbonyl (C=O) groups excluding carboxylic acids is 1. The number of amides is 1. The molecule has 22 heavy (non-hydrogen) atoms. The lowest BCUT2D eigenvalue weighted by Gasteiger charge is -2.30. The van der Waals surface area contributed by atoms with E-state index in [9.17, 15) is 4.79 Å². The van der Waals surface area contributed by atoms with Crippen LogP contribution >= 0.6 is 12.4 Å². The van der Waals surface area contributed by atoms with Gasteiger partial charge in [-0.3, -0.25) is 4.79 Å². The number of nitrogens with zero attached hydrogens (tertiary/aromatic N) is 1. The summed E-state index contributed by atoms with van der Waals surface area (Å²) in [6.45, 7) is 6.53. The number of halogens is 1. The number of nitrogens with two attached hydrogens (primary N) is 1. The minimum atomic E-state index is 0. The zero-order valence-corrected chi connectivity index (χ0v) is 14.3. The summed E-state index contributed by atoms with van der Waals surface area (Å²) in [7, 11) is 0. The fourth-order valence-electron chi connectivity index (χ4n) is 2.40. The molecule has 0 spiro atoms. The summed E-state index contributed by atoms with van der Waals surface area (Å²) in [5, 5.41) is 0. The molecule has 2 N–H and O–H groups in total. The Morgan fingerprint density at radius 2 is 1.86 bits per heavy atom. The van der Waals surface area contributed by atoms with E-state index in [4.69, 9.17) is 10.5 Å². The van der Waals surface area contributed by atoms with Crippen molar-refractivity contribution in [3.8, 4) is 5.75 Å². The SMILES string of the molecule is CC(C)COc1ccc(CC(=O)N2CCC(N)CC2)cc1.Cl. The van der Waals surface area contributed by atoms with Crippen molar-refractivity contribution in [3.05, 3.63) is 29.8 Å². The predicted molar refractivity (Wildman–Crippen MR) is 91.5 cm³/mol. The molecule has 0 aromatic heterocycles. The number of benzene rings is 1. The van der Waals surface area contributed by atoms with E-state index in [-0.39, 0.29) is 24.4 Å². The van der Waals surface area contributed by atoms with Gasteiger partial charge in [0, 0.05) is 19.1 Å². The Morgan fingerprint density at radius 1 is 1.27 bits per heavy atom. The topological polar surface area (TPSA) is 55.6 Å². The molecular formula is C17H27ClN2O2. The fraction of sp³-hybridized carbons (Fsp3) is 0.588. The average Bonchev–Trinajstić information content (AvgIpc) is 2.47. The second kappa shape index (κ2) is 9.01. The van der Waals surface area contributed by atoms with Crippen LogP contribution in [-0.4, -0.2) is 36.5 Å². The molecule has 0 aliphatic carbocycles. The highest BCUT2D eigenvalue weighted by Gasteiger charge is 2.20. The van der Waals surface area contributed by atoms with Crippen LogP contribution in [0.2, 0.25) is 0 Å². The monoisotopic (exact) mass is 326 g/mol. The average molecular weight is 327 g/mol. The highest BCUT2D eigenvalue weighted by Crippen LogP contribution is 2.15. The number of ether oxygens (including phenoxy) is 1. The molecule has 2 rings (SSSR count). The molecule has 0 radical (unpaired) electrons. The van der Waals surface area contributed by atoms with Gasteiger partial charge >= 0.3 is 0 Å². The van der Waals surface area contributed by atoms with Crippen molar-refractivity contribution in [3.63, 3.8) is 0 Å². The summed E-state index contributed by atoms with van der Waals surface area (Å²) in [5.41, 5.74) is 6.90. The van der Waals surface area contributed by atoms with E-state index in [1.165, 1.54) is 0 Å². The predicted octanol–water partition coefficient (Wildman–Crippen LogP) is 2.64. The first kappa shape index (κ1) is 18.8. The van der Waals surface area contributed by atoms with Crippen molar-refractivity contribution in [2.45, 2.75) is 39.2 Å². The van der Waals surface area contributed by atoms with Gasteiger partial charge < -0.3 is 15.4 Å². The quantitative estimate of drug-likeness (QED) is 0.905. The van der Waals surface area contributed by atoms with Gasteiger partial charge in [-0.05, 0) is 36.5 Å². The number of rotatable bonds is 5. The molecule has 1 aromatic carbocycles. The van der Waals surface area contributed by atoms with Gasteiger partial charge in [-0.25, -0.2) is 0 Å². The molecule has 1 aliphatic heterocycles. The van der Waals surface area contributed by atoms with Crippen molar-refractivity contribution >= 4 is 18.3 Å². The number of hydrogen-bond acceptors (Lipinski definition) is 3. The third kappa shape index (κ3) is 5.85.